The standard InChI is InChI=1S/C19H23N5O2.ClH/c25-17(14-2-3-14)22-15-4-6-16(7-5-15)23-18(26)19(8-11-20-12-9-19)24-13-1-10-21-24;/h1,4-7,10,13-14,20H,2-3,8-9,11-12H2,(H,22,25)(H,23,26);1H. The van der Waals surface area contributed by atoms with Crippen molar-refractivity contribution in [1.29, 1.82) is 0 Å². The smallest absolute Gasteiger partial charge is 0.252 e. The lowest BCUT2D eigenvalue weighted by atomic mass is 9.87. The Morgan fingerprint density at radius 1 is 1.07 bits per heavy atom. The van der Waals surface area contributed by atoms with E-state index in [-0.39, 0.29) is 30.1 Å². The van der Waals surface area contributed by atoms with Crippen LogP contribution in [-0.2, 0) is 15.1 Å². The summed E-state index contributed by atoms with van der Waals surface area (Å²) >= 11 is 0. The van der Waals surface area contributed by atoms with Gasteiger partial charge in [0.1, 0.15) is 5.54 Å². The summed E-state index contributed by atoms with van der Waals surface area (Å²) in [5, 5.41) is 13.5. The van der Waals surface area contributed by atoms with E-state index in [9.17, 15) is 9.59 Å². The van der Waals surface area contributed by atoms with Gasteiger partial charge in [0.05, 0.1) is 0 Å². The normalized spacial score (nSPS) is 18.2. The van der Waals surface area contributed by atoms with E-state index in [1.54, 1.807) is 10.9 Å². The number of piperidine rings is 1. The van der Waals surface area contributed by atoms with Gasteiger partial charge in [-0.05, 0) is 69.1 Å². The first kappa shape index (κ1) is 19.4. The third kappa shape index (κ3) is 4.14. The molecule has 2 heterocycles. The van der Waals surface area contributed by atoms with Crippen molar-refractivity contribution >= 4 is 35.6 Å². The van der Waals surface area contributed by atoms with Gasteiger partial charge in [-0.15, -0.1) is 12.4 Å². The van der Waals surface area contributed by atoms with Crippen LogP contribution in [0.2, 0.25) is 0 Å². The molecule has 144 valence electrons. The highest BCUT2D eigenvalue weighted by atomic mass is 35.5. The molecular weight excluding hydrogens is 366 g/mol. The topological polar surface area (TPSA) is 88.1 Å². The highest BCUT2D eigenvalue weighted by molar-refractivity contribution is 5.97. The molecule has 1 aliphatic heterocycles. The highest BCUT2D eigenvalue weighted by Crippen LogP contribution is 2.31. The van der Waals surface area contributed by atoms with Crippen LogP contribution in [-0.4, -0.2) is 34.7 Å². The summed E-state index contributed by atoms with van der Waals surface area (Å²) in [5.74, 6) is 0.190. The molecule has 2 amide bonds. The number of amides is 2. The van der Waals surface area contributed by atoms with Gasteiger partial charge in [-0.25, -0.2) is 0 Å². The van der Waals surface area contributed by atoms with Gasteiger partial charge in [0.15, 0.2) is 0 Å². The van der Waals surface area contributed by atoms with Crippen molar-refractivity contribution in [3.63, 3.8) is 0 Å². The van der Waals surface area contributed by atoms with Crippen molar-refractivity contribution in [2.45, 2.75) is 31.2 Å². The first-order chi connectivity index (χ1) is 12.7. The SMILES string of the molecule is Cl.O=C(Nc1ccc(NC(=O)C2(n3cccn3)CCNCC2)cc1)C1CC1. The highest BCUT2D eigenvalue weighted by Gasteiger charge is 2.42. The van der Waals surface area contributed by atoms with Gasteiger partial charge in [0, 0.05) is 29.7 Å². The van der Waals surface area contributed by atoms with Gasteiger partial charge < -0.3 is 16.0 Å². The summed E-state index contributed by atoms with van der Waals surface area (Å²) in [5.41, 5.74) is 0.793. The molecule has 2 fully saturated rings. The van der Waals surface area contributed by atoms with Crippen LogP contribution in [0.25, 0.3) is 0 Å². The van der Waals surface area contributed by atoms with Crippen molar-refractivity contribution in [2.75, 3.05) is 23.7 Å². The predicted molar refractivity (Wildman–Crippen MR) is 106 cm³/mol. The van der Waals surface area contributed by atoms with Crippen molar-refractivity contribution in [1.82, 2.24) is 15.1 Å². The van der Waals surface area contributed by atoms with Gasteiger partial charge in [0.2, 0.25) is 5.91 Å². The van der Waals surface area contributed by atoms with Crippen LogP contribution in [0.4, 0.5) is 11.4 Å². The predicted octanol–water partition coefficient (Wildman–Crippen LogP) is 2.37. The number of halogens is 1. The van der Waals surface area contributed by atoms with Crippen molar-refractivity contribution in [2.24, 2.45) is 5.92 Å². The molecule has 1 saturated heterocycles. The van der Waals surface area contributed by atoms with Crippen LogP contribution in [0.5, 0.6) is 0 Å². The quantitative estimate of drug-likeness (QED) is 0.732. The van der Waals surface area contributed by atoms with E-state index < -0.39 is 5.54 Å². The van der Waals surface area contributed by atoms with E-state index in [4.69, 9.17) is 0 Å². The number of nitrogens with one attached hydrogen (secondary N) is 3. The maximum absolute atomic E-state index is 13.1. The monoisotopic (exact) mass is 389 g/mol. The fourth-order valence-electron chi connectivity index (χ4n) is 3.40. The number of carbonyl (C=O) groups is 2. The molecular formula is C19H24ClN5O2. The second kappa shape index (κ2) is 8.10. The Kier molecular flexibility index (Phi) is 5.82. The van der Waals surface area contributed by atoms with E-state index in [1.807, 2.05) is 36.5 Å². The number of aromatic nitrogens is 2. The number of carbonyl (C=O) groups excluding carboxylic acids is 2. The van der Waals surface area contributed by atoms with Crippen molar-refractivity contribution in [3.05, 3.63) is 42.7 Å². The zero-order chi connectivity index (χ0) is 18.0. The molecule has 8 heteroatoms. The number of nitrogens with zero attached hydrogens (tertiary/aromatic N) is 2. The number of rotatable bonds is 5. The lowest BCUT2D eigenvalue weighted by molar-refractivity contribution is -0.126. The molecule has 2 aromatic rings. The molecule has 3 N–H and O–H groups in total. The Balaban J connectivity index is 0.00000210. The maximum Gasteiger partial charge on any atom is 0.252 e. The molecule has 1 saturated carbocycles. The number of hydrogen-bond donors (Lipinski definition) is 3. The minimum atomic E-state index is -0.673. The van der Waals surface area contributed by atoms with E-state index in [1.165, 1.54) is 0 Å². The molecule has 1 aromatic heterocycles. The maximum atomic E-state index is 13.1. The van der Waals surface area contributed by atoms with Gasteiger partial charge >= 0.3 is 0 Å². The zero-order valence-corrected chi connectivity index (χ0v) is 15.8. The second-order valence-corrected chi connectivity index (χ2v) is 7.03. The largest absolute Gasteiger partial charge is 0.326 e. The Morgan fingerprint density at radius 3 is 2.26 bits per heavy atom. The number of anilines is 2. The second-order valence-electron chi connectivity index (χ2n) is 7.03. The molecule has 27 heavy (non-hydrogen) atoms. The summed E-state index contributed by atoms with van der Waals surface area (Å²) < 4.78 is 1.77. The van der Waals surface area contributed by atoms with Crippen LogP contribution in [0.1, 0.15) is 25.7 Å². The van der Waals surface area contributed by atoms with Gasteiger partial charge in [-0.2, -0.15) is 5.10 Å². The number of benzene rings is 1. The van der Waals surface area contributed by atoms with E-state index in [2.05, 4.69) is 21.0 Å². The molecule has 0 atom stereocenters. The van der Waals surface area contributed by atoms with Crippen LogP contribution in [0.3, 0.4) is 0 Å². The Hall–Kier alpha value is -2.38. The first-order valence-electron chi connectivity index (χ1n) is 9.11. The van der Waals surface area contributed by atoms with Gasteiger partial charge in [-0.1, -0.05) is 0 Å². The lowest BCUT2D eigenvalue weighted by Gasteiger charge is -2.36. The molecule has 0 radical (unpaired) electrons. The van der Waals surface area contributed by atoms with Gasteiger partial charge in [0.25, 0.3) is 5.91 Å². The lowest BCUT2D eigenvalue weighted by Crippen LogP contribution is -2.52. The number of hydrogen-bond acceptors (Lipinski definition) is 4. The Bertz CT molecular complexity index is 781. The molecule has 7 nitrogen and oxygen atoms in total. The summed E-state index contributed by atoms with van der Waals surface area (Å²) in [7, 11) is 0. The third-order valence-electron chi connectivity index (χ3n) is 5.15. The molecule has 2 aliphatic rings. The third-order valence-corrected chi connectivity index (χ3v) is 5.15. The van der Waals surface area contributed by atoms with E-state index in [0.717, 1.165) is 31.6 Å². The van der Waals surface area contributed by atoms with Crippen LogP contribution in [0, 0.1) is 5.92 Å². The van der Waals surface area contributed by atoms with Crippen molar-refractivity contribution < 1.29 is 9.59 Å². The van der Waals surface area contributed by atoms with E-state index in [0.29, 0.717) is 18.5 Å². The zero-order valence-electron chi connectivity index (χ0n) is 15.0. The fraction of sp³-hybridized carbons (Fsp3) is 0.421. The minimum Gasteiger partial charge on any atom is -0.326 e. The summed E-state index contributed by atoms with van der Waals surface area (Å²) in [6.45, 7) is 1.55. The van der Waals surface area contributed by atoms with Crippen LogP contribution in [0.15, 0.2) is 42.7 Å². The van der Waals surface area contributed by atoms with Gasteiger partial charge in [-0.3, -0.25) is 14.3 Å². The molecule has 1 aliphatic carbocycles. The average Bonchev–Trinajstić information content (AvgIpc) is 3.38. The van der Waals surface area contributed by atoms with E-state index >= 15 is 0 Å². The molecule has 0 unspecified atom stereocenters. The molecule has 0 spiro atoms. The molecule has 1 aromatic carbocycles. The fourth-order valence-corrected chi connectivity index (χ4v) is 3.40. The average molecular weight is 390 g/mol. The summed E-state index contributed by atoms with van der Waals surface area (Å²) in [6.07, 6.45) is 6.89. The van der Waals surface area contributed by atoms with Crippen LogP contribution < -0.4 is 16.0 Å². The molecule has 0 bridgehead atoms. The summed E-state index contributed by atoms with van der Waals surface area (Å²) in [6, 6.07) is 9.11. The first-order valence-corrected chi connectivity index (χ1v) is 9.11. The Morgan fingerprint density at radius 2 is 1.70 bits per heavy atom. The van der Waals surface area contributed by atoms with Crippen LogP contribution >= 0.6 is 12.4 Å². The van der Waals surface area contributed by atoms with Crippen molar-refractivity contribution in [3.8, 4) is 0 Å². The molecule has 4 rings (SSSR count). The Labute approximate surface area is 164 Å². The minimum absolute atomic E-state index is 0. The summed E-state index contributed by atoms with van der Waals surface area (Å²) in [4.78, 5) is 24.9.